The minimum Gasteiger partial charge on any atom is -0.369 e. The van der Waals surface area contributed by atoms with E-state index >= 15 is 0 Å². The molecule has 1 amide bonds. The zero-order valence-corrected chi connectivity index (χ0v) is 13.1. The average Bonchev–Trinajstić information content (AvgIpc) is 2.98. The molecule has 8 heteroatoms. The van der Waals surface area contributed by atoms with Gasteiger partial charge in [-0.25, -0.2) is 18.2 Å². The number of nitrogens with zero attached hydrogens (tertiary/aromatic N) is 1. The molecule has 0 N–H and O–H groups in total. The SMILES string of the molecule is CC(=O)N1OC[C@@H]2[C@@H](C(F)F)OC[C@@]21c1cc(Br)ccc1F. The highest BCUT2D eigenvalue weighted by atomic mass is 79.9. The molecular weight excluding hydrogens is 367 g/mol. The van der Waals surface area contributed by atoms with Crippen LogP contribution in [0.2, 0.25) is 0 Å². The number of hydroxylamine groups is 2. The summed E-state index contributed by atoms with van der Waals surface area (Å²) >= 11 is 3.24. The molecule has 2 aliphatic heterocycles. The van der Waals surface area contributed by atoms with E-state index in [1.165, 1.54) is 25.1 Å². The Kier molecular flexibility index (Phi) is 3.94. The van der Waals surface area contributed by atoms with Crippen molar-refractivity contribution in [2.24, 2.45) is 5.92 Å². The van der Waals surface area contributed by atoms with Crippen molar-refractivity contribution in [3.05, 3.63) is 34.1 Å². The van der Waals surface area contributed by atoms with E-state index in [9.17, 15) is 18.0 Å². The summed E-state index contributed by atoms with van der Waals surface area (Å²) in [5.74, 6) is -1.91. The van der Waals surface area contributed by atoms with Crippen LogP contribution in [0.3, 0.4) is 0 Å². The van der Waals surface area contributed by atoms with Gasteiger partial charge in [-0.1, -0.05) is 15.9 Å². The molecule has 0 saturated carbocycles. The Hall–Kier alpha value is -1.12. The van der Waals surface area contributed by atoms with E-state index in [0.29, 0.717) is 4.47 Å². The average molecular weight is 380 g/mol. The van der Waals surface area contributed by atoms with Crippen LogP contribution in [0.15, 0.2) is 22.7 Å². The van der Waals surface area contributed by atoms with Gasteiger partial charge in [-0.05, 0) is 18.2 Å². The van der Waals surface area contributed by atoms with Crippen molar-refractivity contribution in [3.8, 4) is 0 Å². The fourth-order valence-corrected chi connectivity index (χ4v) is 3.63. The first kappa shape index (κ1) is 15.8. The molecule has 120 valence electrons. The maximum Gasteiger partial charge on any atom is 0.264 e. The smallest absolute Gasteiger partial charge is 0.264 e. The van der Waals surface area contributed by atoms with E-state index in [2.05, 4.69) is 15.9 Å². The van der Waals surface area contributed by atoms with Crippen molar-refractivity contribution < 1.29 is 27.5 Å². The zero-order chi connectivity index (χ0) is 16.1. The quantitative estimate of drug-likeness (QED) is 0.792. The summed E-state index contributed by atoms with van der Waals surface area (Å²) in [6.07, 6.45) is -4.14. The van der Waals surface area contributed by atoms with Gasteiger partial charge < -0.3 is 4.74 Å². The lowest BCUT2D eigenvalue weighted by Gasteiger charge is -2.35. The van der Waals surface area contributed by atoms with Crippen molar-refractivity contribution in [1.29, 1.82) is 0 Å². The van der Waals surface area contributed by atoms with Crippen LogP contribution in [0.25, 0.3) is 0 Å². The van der Waals surface area contributed by atoms with Gasteiger partial charge in [0.1, 0.15) is 17.5 Å². The van der Waals surface area contributed by atoms with Crippen molar-refractivity contribution in [3.63, 3.8) is 0 Å². The second-order valence-corrected chi connectivity index (χ2v) is 6.29. The van der Waals surface area contributed by atoms with Gasteiger partial charge in [0.15, 0.2) is 0 Å². The number of fused-ring (bicyclic) bond motifs is 1. The lowest BCUT2D eigenvalue weighted by molar-refractivity contribution is -0.194. The highest BCUT2D eigenvalue weighted by Crippen LogP contribution is 2.51. The topological polar surface area (TPSA) is 38.8 Å². The number of ether oxygens (including phenoxy) is 1. The molecule has 3 rings (SSSR count). The molecule has 0 radical (unpaired) electrons. The van der Waals surface area contributed by atoms with Crippen molar-refractivity contribution in [2.75, 3.05) is 13.2 Å². The Balaban J connectivity index is 2.16. The maximum absolute atomic E-state index is 14.4. The molecule has 2 aliphatic rings. The van der Waals surface area contributed by atoms with Crippen LogP contribution in [0.1, 0.15) is 12.5 Å². The molecular formula is C14H13BrF3NO3. The summed E-state index contributed by atoms with van der Waals surface area (Å²) in [5.41, 5.74) is -1.26. The van der Waals surface area contributed by atoms with Crippen molar-refractivity contribution in [1.82, 2.24) is 5.06 Å². The second-order valence-electron chi connectivity index (χ2n) is 5.37. The molecule has 0 aromatic heterocycles. The number of benzene rings is 1. The van der Waals surface area contributed by atoms with E-state index in [1.54, 1.807) is 0 Å². The van der Waals surface area contributed by atoms with E-state index < -0.39 is 35.7 Å². The molecule has 1 aromatic rings. The molecule has 3 atom stereocenters. The van der Waals surface area contributed by atoms with Gasteiger partial charge in [0.25, 0.3) is 6.43 Å². The minimum atomic E-state index is -2.74. The van der Waals surface area contributed by atoms with Gasteiger partial charge in [0, 0.05) is 22.9 Å². The number of carbonyl (C=O) groups excluding carboxylic acids is 1. The van der Waals surface area contributed by atoms with Gasteiger partial charge in [-0.3, -0.25) is 9.63 Å². The summed E-state index contributed by atoms with van der Waals surface area (Å²) in [7, 11) is 0. The summed E-state index contributed by atoms with van der Waals surface area (Å²) in [6.45, 7) is 0.885. The van der Waals surface area contributed by atoms with Crippen molar-refractivity contribution >= 4 is 21.8 Å². The highest BCUT2D eigenvalue weighted by Gasteiger charge is 2.63. The van der Waals surface area contributed by atoms with Gasteiger partial charge >= 0.3 is 0 Å². The largest absolute Gasteiger partial charge is 0.369 e. The number of carbonyl (C=O) groups is 1. The Labute approximate surface area is 133 Å². The molecule has 1 aromatic carbocycles. The van der Waals surface area contributed by atoms with Gasteiger partial charge in [-0.2, -0.15) is 0 Å². The summed E-state index contributed by atoms with van der Waals surface area (Å²) in [6, 6.07) is 4.19. The monoisotopic (exact) mass is 379 g/mol. The molecule has 0 unspecified atom stereocenters. The predicted molar refractivity (Wildman–Crippen MR) is 73.5 cm³/mol. The van der Waals surface area contributed by atoms with Crippen LogP contribution >= 0.6 is 15.9 Å². The molecule has 2 heterocycles. The number of rotatable bonds is 2. The first-order valence-corrected chi connectivity index (χ1v) is 7.46. The van der Waals surface area contributed by atoms with Crippen molar-refractivity contribution in [2.45, 2.75) is 25.0 Å². The normalized spacial score (nSPS) is 30.9. The minimum absolute atomic E-state index is 0.114. The van der Waals surface area contributed by atoms with Gasteiger partial charge in [-0.15, -0.1) is 0 Å². The lowest BCUT2D eigenvalue weighted by atomic mass is 9.78. The van der Waals surface area contributed by atoms with E-state index in [1.807, 2.05) is 0 Å². The van der Waals surface area contributed by atoms with Gasteiger partial charge in [0.2, 0.25) is 5.91 Å². The van der Waals surface area contributed by atoms with Crippen LogP contribution in [0.4, 0.5) is 13.2 Å². The first-order chi connectivity index (χ1) is 10.4. The Bertz CT molecular complexity index is 615. The summed E-state index contributed by atoms with van der Waals surface area (Å²) < 4.78 is 46.5. The van der Waals surface area contributed by atoms with E-state index in [-0.39, 0.29) is 18.8 Å². The Morgan fingerprint density at radius 3 is 2.86 bits per heavy atom. The third-order valence-electron chi connectivity index (χ3n) is 4.18. The molecule has 0 aliphatic carbocycles. The molecule has 2 fully saturated rings. The number of hydrogen-bond acceptors (Lipinski definition) is 3. The van der Waals surface area contributed by atoms with Crippen LogP contribution in [0.5, 0.6) is 0 Å². The van der Waals surface area contributed by atoms with Crippen LogP contribution in [-0.4, -0.2) is 36.7 Å². The summed E-state index contributed by atoms with van der Waals surface area (Å²) in [4.78, 5) is 17.2. The van der Waals surface area contributed by atoms with E-state index in [0.717, 1.165) is 5.06 Å². The van der Waals surface area contributed by atoms with Crippen LogP contribution in [0, 0.1) is 11.7 Å². The lowest BCUT2D eigenvalue weighted by Crippen LogP contribution is -2.48. The maximum atomic E-state index is 14.4. The van der Waals surface area contributed by atoms with Crippen LogP contribution < -0.4 is 0 Å². The number of amides is 1. The number of hydrogen-bond donors (Lipinski definition) is 0. The van der Waals surface area contributed by atoms with Crippen LogP contribution in [-0.2, 0) is 19.9 Å². The number of alkyl halides is 2. The molecule has 0 spiro atoms. The van der Waals surface area contributed by atoms with E-state index in [4.69, 9.17) is 9.57 Å². The standard InChI is InChI=1S/C14H13BrF3NO3/c1-7(20)19-14(9-4-8(15)2-3-11(9)16)6-21-12(13(17)18)10(14)5-22-19/h2-4,10,12-13H,5-6H2,1H3/t10-,12+,14-/m1/s1. The predicted octanol–water partition coefficient (Wildman–Crippen LogP) is 2.86. The molecule has 2 saturated heterocycles. The first-order valence-electron chi connectivity index (χ1n) is 6.67. The Morgan fingerprint density at radius 1 is 1.50 bits per heavy atom. The third kappa shape index (κ3) is 2.16. The number of halogens is 4. The molecule has 22 heavy (non-hydrogen) atoms. The second kappa shape index (κ2) is 5.50. The zero-order valence-electron chi connectivity index (χ0n) is 11.6. The van der Waals surface area contributed by atoms with Gasteiger partial charge in [0.05, 0.1) is 13.2 Å². The third-order valence-corrected chi connectivity index (χ3v) is 4.67. The summed E-state index contributed by atoms with van der Waals surface area (Å²) in [5, 5.41) is 0.977. The highest BCUT2D eigenvalue weighted by molar-refractivity contribution is 9.10. The fourth-order valence-electron chi connectivity index (χ4n) is 3.27. The molecule has 0 bridgehead atoms. The molecule has 4 nitrogen and oxygen atoms in total. The Morgan fingerprint density at radius 2 is 2.23 bits per heavy atom. The fraction of sp³-hybridized carbons (Fsp3) is 0.500.